The molecule has 37 heavy (non-hydrogen) atoms. The molecule has 1 amide bonds. The number of ether oxygens (including phenoxy) is 1. The lowest BCUT2D eigenvalue weighted by molar-refractivity contribution is -0.131. The second-order valence-corrected chi connectivity index (χ2v) is 9.44. The van der Waals surface area contributed by atoms with Gasteiger partial charge in [0.05, 0.1) is 31.0 Å². The third-order valence-electron chi connectivity index (χ3n) is 5.38. The van der Waals surface area contributed by atoms with Crippen molar-refractivity contribution in [3.63, 3.8) is 0 Å². The third-order valence-corrected chi connectivity index (χ3v) is 6.17. The van der Waals surface area contributed by atoms with Gasteiger partial charge in [-0.1, -0.05) is 43.5 Å². The summed E-state index contributed by atoms with van der Waals surface area (Å²) in [6, 6.07) is 9.67. The molecule has 1 aromatic carbocycles. The quantitative estimate of drug-likeness (QED) is 0.107. The first-order valence-corrected chi connectivity index (χ1v) is 13.4. The van der Waals surface area contributed by atoms with Crippen molar-refractivity contribution < 1.29 is 18.7 Å². The molecule has 200 valence electrons. The monoisotopic (exact) mass is 528 g/mol. The van der Waals surface area contributed by atoms with Gasteiger partial charge in [-0.15, -0.1) is 0 Å². The minimum Gasteiger partial charge on any atom is -0.494 e. The van der Waals surface area contributed by atoms with Gasteiger partial charge >= 0.3 is 0 Å². The molecule has 1 heterocycles. The summed E-state index contributed by atoms with van der Waals surface area (Å²) < 4.78 is 18.3. The summed E-state index contributed by atoms with van der Waals surface area (Å²) in [5.74, 6) is 0.880. The Labute approximate surface area is 223 Å². The number of nitrogens with one attached hydrogen (secondary N) is 2. The minimum absolute atomic E-state index is 0.00578. The topological polar surface area (TPSA) is 83.0 Å². The summed E-state index contributed by atoms with van der Waals surface area (Å²) in [7, 11) is 0. The van der Waals surface area contributed by atoms with Crippen LogP contribution in [-0.2, 0) is 14.3 Å². The van der Waals surface area contributed by atoms with E-state index in [2.05, 4.69) is 22.2 Å². The lowest BCUT2D eigenvalue weighted by atomic mass is 10.1. The molecule has 2 N–H and O–H groups in total. The van der Waals surface area contributed by atoms with Crippen LogP contribution in [0.15, 0.2) is 83.0 Å². The van der Waals surface area contributed by atoms with Crippen molar-refractivity contribution in [2.45, 2.75) is 33.1 Å². The molecule has 1 aromatic rings. The largest absolute Gasteiger partial charge is 0.494 e. The molecule has 0 fully saturated rings. The van der Waals surface area contributed by atoms with Crippen LogP contribution in [0.4, 0.5) is 10.1 Å². The summed E-state index contributed by atoms with van der Waals surface area (Å²) >= 11 is 1.24. The van der Waals surface area contributed by atoms with Gasteiger partial charge in [-0.2, -0.15) is 0 Å². The Morgan fingerprint density at radius 3 is 2.73 bits per heavy atom. The number of carbonyl (C=O) groups excluding carboxylic acids is 2. The molecule has 0 bridgehead atoms. The third kappa shape index (κ3) is 11.6. The number of para-hydroxylation sites is 1. The maximum absolute atomic E-state index is 12.8. The van der Waals surface area contributed by atoms with Crippen molar-refractivity contribution in [2.75, 3.05) is 43.9 Å². The Hall–Kier alpha value is -3.17. The van der Waals surface area contributed by atoms with E-state index in [4.69, 9.17) is 4.74 Å². The number of anilines is 1. The molecule has 2 rings (SSSR count). The molecule has 1 aliphatic heterocycles. The first-order valence-electron chi connectivity index (χ1n) is 12.5. The van der Waals surface area contributed by atoms with E-state index >= 15 is 0 Å². The summed E-state index contributed by atoms with van der Waals surface area (Å²) in [5, 5.41) is 6.33. The van der Waals surface area contributed by atoms with Gasteiger partial charge in [0.15, 0.2) is 0 Å². The summed E-state index contributed by atoms with van der Waals surface area (Å²) in [6.45, 7) is 9.42. The maximum atomic E-state index is 12.8. The van der Waals surface area contributed by atoms with E-state index < -0.39 is 0 Å². The smallest absolute Gasteiger partial charge is 0.224 e. The number of hydrogen-bond acceptors (Lipinski definition) is 6. The lowest BCUT2D eigenvalue weighted by Gasteiger charge is -2.29. The molecule has 1 aliphatic rings. The van der Waals surface area contributed by atoms with Crippen molar-refractivity contribution in [1.29, 1.82) is 0 Å². The van der Waals surface area contributed by atoms with Gasteiger partial charge < -0.3 is 20.3 Å². The second kappa shape index (κ2) is 17.3. The molecule has 7 nitrogen and oxygen atoms in total. The Morgan fingerprint density at radius 2 is 2.03 bits per heavy atom. The number of halogens is 1. The Morgan fingerprint density at radius 1 is 1.24 bits per heavy atom. The molecule has 0 spiro atoms. The molecule has 0 aliphatic carbocycles. The fraction of sp³-hybridized carbons (Fsp3) is 0.393. The lowest BCUT2D eigenvalue weighted by Crippen LogP contribution is -2.39. The molecule has 0 unspecified atom stereocenters. The number of allylic oxidation sites excluding steroid dienone is 4. The Bertz CT molecular complexity index is 1020. The van der Waals surface area contributed by atoms with E-state index in [1.807, 2.05) is 37.3 Å². The summed E-state index contributed by atoms with van der Waals surface area (Å²) in [5.41, 5.74) is 2.23. The SMILES string of the molecule is C=C/C(=C\C=C(/C)F)OCCCNCCC(=O)N1CCC(N=CNc2ccccc2)=C(C(=O)SCC)C1. The number of thioether (sulfide) groups is 1. The zero-order valence-corrected chi connectivity index (χ0v) is 22.5. The van der Waals surface area contributed by atoms with E-state index in [1.165, 1.54) is 36.9 Å². The number of nitrogens with zero attached hydrogens (tertiary/aromatic N) is 2. The van der Waals surface area contributed by atoms with Crippen LogP contribution in [0.3, 0.4) is 0 Å². The van der Waals surface area contributed by atoms with Crippen molar-refractivity contribution in [1.82, 2.24) is 10.2 Å². The molecule has 0 saturated heterocycles. The van der Waals surface area contributed by atoms with Gasteiger partial charge in [0.2, 0.25) is 11.0 Å². The molecular weight excluding hydrogens is 491 g/mol. The maximum Gasteiger partial charge on any atom is 0.224 e. The zero-order valence-electron chi connectivity index (χ0n) is 21.7. The number of carbonyl (C=O) groups is 2. The van der Waals surface area contributed by atoms with Crippen LogP contribution in [0.25, 0.3) is 0 Å². The van der Waals surface area contributed by atoms with Crippen molar-refractivity contribution in [2.24, 2.45) is 4.99 Å². The average molecular weight is 529 g/mol. The van der Waals surface area contributed by atoms with E-state index in [0.717, 1.165) is 17.8 Å². The second-order valence-electron chi connectivity index (χ2n) is 8.21. The van der Waals surface area contributed by atoms with Crippen LogP contribution in [0.2, 0.25) is 0 Å². The van der Waals surface area contributed by atoms with Crippen molar-refractivity contribution in [3.05, 3.63) is 78.0 Å². The van der Waals surface area contributed by atoms with Crippen molar-refractivity contribution in [3.8, 4) is 0 Å². The fourth-order valence-corrected chi connectivity index (χ4v) is 4.08. The predicted molar refractivity (Wildman–Crippen MR) is 151 cm³/mol. The van der Waals surface area contributed by atoms with E-state index in [0.29, 0.717) is 56.2 Å². The Kier molecular flexibility index (Phi) is 14.1. The van der Waals surface area contributed by atoms with Gasteiger partial charge in [-0.05, 0) is 56.0 Å². The van der Waals surface area contributed by atoms with Crippen LogP contribution in [0.1, 0.15) is 33.1 Å². The standard InChI is InChI=1S/C28H37FN4O3S/c1-4-24(13-12-22(3)29)36-19-9-16-30-17-14-27(34)33-18-15-26(25(20-33)28(35)37-5-2)32-21-31-23-10-7-6-8-11-23/h4,6-8,10-13,21,30H,1,5,9,14-20H2,2-3H3,(H,31,32)/b22-12+,24-13+. The first-order chi connectivity index (χ1) is 17.9. The zero-order chi connectivity index (χ0) is 26.9. The summed E-state index contributed by atoms with van der Waals surface area (Å²) in [6.07, 6.45) is 7.61. The fourth-order valence-electron chi connectivity index (χ4n) is 3.47. The van der Waals surface area contributed by atoms with E-state index in [1.54, 1.807) is 11.2 Å². The number of hydrogen-bond donors (Lipinski definition) is 2. The highest BCUT2D eigenvalue weighted by Crippen LogP contribution is 2.24. The van der Waals surface area contributed by atoms with Crippen molar-refractivity contribution >= 4 is 34.8 Å². The highest BCUT2D eigenvalue weighted by atomic mass is 32.2. The average Bonchev–Trinajstić information content (AvgIpc) is 2.90. The number of aliphatic imine (C=N–C) groups is 1. The van der Waals surface area contributed by atoms with Crippen LogP contribution in [-0.4, -0.2) is 60.8 Å². The van der Waals surface area contributed by atoms with Gasteiger partial charge in [0.1, 0.15) is 5.76 Å². The molecule has 0 aromatic heterocycles. The van der Waals surface area contributed by atoms with E-state index in [-0.39, 0.29) is 23.4 Å². The van der Waals surface area contributed by atoms with Crippen LogP contribution >= 0.6 is 11.8 Å². The van der Waals surface area contributed by atoms with Gasteiger partial charge in [0.25, 0.3) is 0 Å². The molecule has 9 heteroatoms. The molecule has 0 radical (unpaired) electrons. The highest BCUT2D eigenvalue weighted by molar-refractivity contribution is 8.14. The number of benzene rings is 1. The van der Waals surface area contributed by atoms with Gasteiger partial charge in [0, 0.05) is 37.2 Å². The molecule has 0 saturated carbocycles. The van der Waals surface area contributed by atoms with Crippen LogP contribution in [0.5, 0.6) is 0 Å². The molecular formula is C28H37FN4O3S. The van der Waals surface area contributed by atoms with E-state index in [9.17, 15) is 14.0 Å². The minimum atomic E-state index is -0.303. The highest BCUT2D eigenvalue weighted by Gasteiger charge is 2.26. The number of rotatable bonds is 15. The Balaban J connectivity index is 1.80. The normalized spacial score (nSPS) is 14.7. The van der Waals surface area contributed by atoms with Crippen LogP contribution in [0, 0.1) is 0 Å². The molecule has 0 atom stereocenters. The van der Waals surface area contributed by atoms with Crippen LogP contribution < -0.4 is 10.6 Å². The van der Waals surface area contributed by atoms with Gasteiger partial charge in [-0.3, -0.25) is 9.59 Å². The first kappa shape index (κ1) is 30.1. The summed E-state index contributed by atoms with van der Waals surface area (Å²) in [4.78, 5) is 31.8. The predicted octanol–water partition coefficient (Wildman–Crippen LogP) is 5.22. The van der Waals surface area contributed by atoms with Gasteiger partial charge in [-0.25, -0.2) is 9.38 Å². The number of amides is 1.